The molecule has 0 radical (unpaired) electrons. The normalized spacial score (nSPS) is 11.4. The minimum absolute atomic E-state index is 0.434. The highest BCUT2D eigenvalue weighted by atomic mass is 16.6. The minimum atomic E-state index is -1.90. The molecule has 0 aromatic heterocycles. The van der Waals surface area contributed by atoms with E-state index in [4.69, 9.17) is 4.65 Å². The summed E-state index contributed by atoms with van der Waals surface area (Å²) >= 11 is 0. The van der Waals surface area contributed by atoms with E-state index in [-0.39, 0.29) is 0 Å². The van der Waals surface area contributed by atoms with Crippen LogP contribution in [0.25, 0.3) is 54.2 Å². The van der Waals surface area contributed by atoms with Gasteiger partial charge in [0.05, 0.1) is 0 Å². The molecule has 0 aliphatic carbocycles. The summed E-state index contributed by atoms with van der Waals surface area (Å²) in [5.74, 6) is 0.434. The molecule has 0 fully saturated rings. The molecule has 6 rings (SSSR count). The third kappa shape index (κ3) is 3.09. The first-order chi connectivity index (χ1) is 15.7. The molecule has 0 atom stereocenters. The average molecular weight is 414 g/mol. The second-order valence-corrected chi connectivity index (χ2v) is 8.03. The van der Waals surface area contributed by atoms with Crippen molar-refractivity contribution >= 4 is 50.4 Å². The van der Waals surface area contributed by atoms with Gasteiger partial charge in [-0.15, -0.1) is 0 Å². The average Bonchev–Trinajstić information content (AvgIpc) is 2.81. The van der Waals surface area contributed by atoms with Crippen LogP contribution in [0.1, 0.15) is 0 Å². The van der Waals surface area contributed by atoms with E-state index < -0.39 is 7.32 Å². The van der Waals surface area contributed by atoms with Crippen LogP contribution >= 0.6 is 0 Å². The van der Waals surface area contributed by atoms with Crippen LogP contribution in [0.15, 0.2) is 103 Å². The highest BCUT2D eigenvalue weighted by Gasteiger charge is 2.19. The van der Waals surface area contributed by atoms with Crippen LogP contribution in [-0.4, -0.2) is 17.4 Å². The van der Waals surface area contributed by atoms with Gasteiger partial charge in [0.2, 0.25) is 0 Å². The molecule has 0 amide bonds. The Morgan fingerprint density at radius 3 is 1.66 bits per heavy atom. The lowest BCUT2D eigenvalue weighted by Crippen LogP contribution is -2.21. The quantitative estimate of drug-likeness (QED) is 0.263. The van der Waals surface area contributed by atoms with Crippen LogP contribution in [0, 0.1) is 0 Å². The van der Waals surface area contributed by atoms with Crippen molar-refractivity contribution in [3.05, 3.63) is 103 Å². The zero-order valence-electron chi connectivity index (χ0n) is 17.2. The van der Waals surface area contributed by atoms with Crippen molar-refractivity contribution in [2.75, 3.05) is 0 Å². The number of rotatable bonds is 3. The Hall–Kier alpha value is -3.86. The number of benzene rings is 6. The molecule has 0 spiro atoms. The van der Waals surface area contributed by atoms with Crippen molar-refractivity contribution in [1.29, 1.82) is 0 Å². The second-order valence-electron chi connectivity index (χ2n) is 8.03. The first-order valence-corrected chi connectivity index (χ1v) is 10.6. The van der Waals surface area contributed by atoms with Crippen LogP contribution in [0.4, 0.5) is 0 Å². The van der Waals surface area contributed by atoms with Gasteiger partial charge < -0.3 is 14.7 Å². The zero-order chi connectivity index (χ0) is 21.7. The molecule has 0 unspecified atom stereocenters. The molecular weight excluding hydrogens is 395 g/mol. The van der Waals surface area contributed by atoms with E-state index in [1.54, 1.807) is 0 Å². The molecular formula is C28H19BO3. The molecule has 0 heterocycles. The molecule has 4 heteroatoms. The van der Waals surface area contributed by atoms with E-state index in [0.717, 1.165) is 48.8 Å². The fourth-order valence-corrected chi connectivity index (χ4v) is 4.67. The fourth-order valence-electron chi connectivity index (χ4n) is 4.67. The van der Waals surface area contributed by atoms with Crippen LogP contribution in [0.5, 0.6) is 5.75 Å². The van der Waals surface area contributed by atoms with Gasteiger partial charge in [-0.1, -0.05) is 72.8 Å². The highest BCUT2D eigenvalue weighted by Crippen LogP contribution is 2.42. The van der Waals surface area contributed by atoms with Gasteiger partial charge in [0, 0.05) is 5.56 Å². The summed E-state index contributed by atoms with van der Waals surface area (Å²) in [6.07, 6.45) is 0. The largest absolute Gasteiger partial charge is 0.707 e. The molecule has 0 aliphatic rings. The molecule has 0 aliphatic heterocycles. The van der Waals surface area contributed by atoms with E-state index in [9.17, 15) is 10.0 Å². The summed E-state index contributed by atoms with van der Waals surface area (Å²) in [5, 5.41) is 28.1. The number of fused-ring (bicyclic) bond motifs is 4. The Labute approximate surface area is 185 Å². The molecule has 0 bridgehead atoms. The second kappa shape index (κ2) is 7.38. The third-order valence-corrected chi connectivity index (χ3v) is 6.10. The van der Waals surface area contributed by atoms with Crippen molar-refractivity contribution < 1.29 is 14.7 Å². The fraction of sp³-hybridized carbons (Fsp3) is 0. The van der Waals surface area contributed by atoms with Crippen LogP contribution in [0.3, 0.4) is 0 Å². The van der Waals surface area contributed by atoms with Gasteiger partial charge >= 0.3 is 7.32 Å². The maximum Gasteiger partial charge on any atom is 0.707 e. The summed E-state index contributed by atoms with van der Waals surface area (Å²) in [6.45, 7) is 0. The molecule has 2 N–H and O–H groups in total. The summed E-state index contributed by atoms with van der Waals surface area (Å²) in [7, 11) is -1.90. The van der Waals surface area contributed by atoms with Crippen LogP contribution in [-0.2, 0) is 0 Å². The topological polar surface area (TPSA) is 49.7 Å². The van der Waals surface area contributed by atoms with Gasteiger partial charge in [-0.25, -0.2) is 0 Å². The molecule has 3 nitrogen and oxygen atoms in total. The number of hydrogen-bond donors (Lipinski definition) is 2. The van der Waals surface area contributed by atoms with Gasteiger partial charge in [-0.2, -0.15) is 0 Å². The van der Waals surface area contributed by atoms with Gasteiger partial charge in [-0.3, -0.25) is 0 Å². The first kappa shape index (κ1) is 18.9. The lowest BCUT2D eigenvalue weighted by molar-refractivity contribution is 0.289. The SMILES string of the molecule is OB(O)Oc1ccc2cc3ccccc3cc2c1-c1cccc2cc3ccccc3cc12. The van der Waals surface area contributed by atoms with E-state index in [1.165, 1.54) is 5.39 Å². The zero-order valence-corrected chi connectivity index (χ0v) is 17.2. The first-order valence-electron chi connectivity index (χ1n) is 10.6. The van der Waals surface area contributed by atoms with Crippen LogP contribution < -0.4 is 4.65 Å². The Bertz CT molecular complexity index is 1640. The Morgan fingerprint density at radius 1 is 0.500 bits per heavy atom. The Morgan fingerprint density at radius 2 is 1.03 bits per heavy atom. The van der Waals surface area contributed by atoms with Gasteiger partial charge in [0.15, 0.2) is 0 Å². The van der Waals surface area contributed by atoms with E-state index in [1.807, 2.05) is 42.5 Å². The summed E-state index contributed by atoms with van der Waals surface area (Å²) in [5.41, 5.74) is 1.84. The monoisotopic (exact) mass is 414 g/mol. The molecule has 6 aromatic carbocycles. The van der Waals surface area contributed by atoms with Gasteiger partial charge in [-0.05, 0) is 79.0 Å². The van der Waals surface area contributed by atoms with Gasteiger partial charge in [0.1, 0.15) is 5.75 Å². The number of hydrogen-bond acceptors (Lipinski definition) is 3. The smallest absolute Gasteiger partial charge is 0.511 e. The summed E-state index contributed by atoms with van der Waals surface area (Å²) in [6, 6.07) is 35.2. The van der Waals surface area contributed by atoms with Crippen molar-refractivity contribution in [3.8, 4) is 16.9 Å². The summed E-state index contributed by atoms with van der Waals surface area (Å²) in [4.78, 5) is 0. The lowest BCUT2D eigenvalue weighted by Gasteiger charge is -2.17. The van der Waals surface area contributed by atoms with Crippen molar-refractivity contribution in [3.63, 3.8) is 0 Å². The highest BCUT2D eigenvalue weighted by molar-refractivity contribution is 6.34. The molecule has 0 saturated carbocycles. The summed E-state index contributed by atoms with van der Waals surface area (Å²) < 4.78 is 5.47. The maximum absolute atomic E-state index is 9.61. The van der Waals surface area contributed by atoms with E-state index in [2.05, 4.69) is 60.7 Å². The van der Waals surface area contributed by atoms with E-state index in [0.29, 0.717) is 5.75 Å². The molecule has 152 valence electrons. The predicted octanol–water partition coefficient (Wildman–Crippen LogP) is 6.31. The van der Waals surface area contributed by atoms with Crippen molar-refractivity contribution in [2.45, 2.75) is 0 Å². The lowest BCUT2D eigenvalue weighted by atomic mass is 9.90. The predicted molar refractivity (Wildman–Crippen MR) is 133 cm³/mol. The van der Waals surface area contributed by atoms with Gasteiger partial charge in [0.25, 0.3) is 0 Å². The van der Waals surface area contributed by atoms with Crippen LogP contribution in [0.2, 0.25) is 0 Å². The third-order valence-electron chi connectivity index (χ3n) is 6.10. The maximum atomic E-state index is 9.61. The Kier molecular flexibility index (Phi) is 4.35. The molecule has 32 heavy (non-hydrogen) atoms. The molecule has 6 aromatic rings. The van der Waals surface area contributed by atoms with Crippen molar-refractivity contribution in [1.82, 2.24) is 0 Å². The van der Waals surface area contributed by atoms with E-state index >= 15 is 0 Å². The van der Waals surface area contributed by atoms with Crippen molar-refractivity contribution in [2.24, 2.45) is 0 Å². The minimum Gasteiger partial charge on any atom is -0.511 e. The Balaban J connectivity index is 1.74. The molecule has 0 saturated heterocycles. The standard InChI is InChI=1S/C28H19BO3/c30-29(31)32-27-13-12-23-15-19-7-2-4-9-21(19)17-26(23)28(27)24-11-5-10-22-14-18-6-1-3-8-20(18)16-25(22)24/h1-17,30-31H.